The first-order valence-corrected chi connectivity index (χ1v) is 17.4. The molecule has 0 unspecified atom stereocenters. The van der Waals surface area contributed by atoms with Gasteiger partial charge in [-0.15, -0.1) is 11.3 Å². The van der Waals surface area contributed by atoms with E-state index >= 15 is 0 Å². The van der Waals surface area contributed by atoms with Gasteiger partial charge in [-0.2, -0.15) is 0 Å². The molecule has 2 rings (SSSR count). The number of ether oxygens (including phenoxy) is 2. The van der Waals surface area contributed by atoms with Crippen LogP contribution in [0.15, 0.2) is 30.3 Å². The van der Waals surface area contributed by atoms with Crippen molar-refractivity contribution < 1.29 is 19.1 Å². The number of unbranched alkanes of at least 4 members (excludes halogenated alkanes) is 10. The highest BCUT2D eigenvalue weighted by atomic mass is 32.1. The molecular formula is C36H58N2O4S. The lowest BCUT2D eigenvalue weighted by molar-refractivity contribution is -0.141. The molecule has 43 heavy (non-hydrogen) atoms. The van der Waals surface area contributed by atoms with E-state index in [9.17, 15) is 9.59 Å². The van der Waals surface area contributed by atoms with Crippen LogP contribution in [0.4, 0.5) is 0 Å². The van der Waals surface area contributed by atoms with Crippen molar-refractivity contribution in [3.8, 4) is 11.5 Å². The summed E-state index contributed by atoms with van der Waals surface area (Å²) in [6.07, 6.45) is 15.0. The van der Waals surface area contributed by atoms with Crippen molar-refractivity contribution >= 4 is 23.2 Å². The summed E-state index contributed by atoms with van der Waals surface area (Å²) in [5.74, 6) is 1.77. The van der Waals surface area contributed by atoms with E-state index in [-0.39, 0.29) is 18.4 Å². The van der Waals surface area contributed by atoms with Crippen molar-refractivity contribution in [3.05, 3.63) is 45.6 Å². The molecule has 7 heteroatoms. The number of rotatable bonds is 23. The Balaban J connectivity index is 1.93. The third-order valence-electron chi connectivity index (χ3n) is 7.87. The first-order chi connectivity index (χ1) is 20.8. The van der Waals surface area contributed by atoms with Gasteiger partial charge in [-0.1, -0.05) is 91.0 Å². The molecule has 1 aromatic carbocycles. The van der Waals surface area contributed by atoms with Crippen molar-refractivity contribution in [1.82, 2.24) is 9.80 Å². The normalized spacial score (nSPS) is 11.1. The van der Waals surface area contributed by atoms with Crippen LogP contribution in [0.3, 0.4) is 0 Å². The van der Waals surface area contributed by atoms with Gasteiger partial charge in [-0.05, 0) is 55.5 Å². The Bertz CT molecular complexity index is 1070. The third-order valence-corrected chi connectivity index (χ3v) is 8.86. The highest BCUT2D eigenvalue weighted by Gasteiger charge is 2.23. The second-order valence-electron chi connectivity index (χ2n) is 12.2. The molecule has 0 bridgehead atoms. The highest BCUT2D eigenvalue weighted by Crippen LogP contribution is 2.28. The maximum atomic E-state index is 13.7. The fraction of sp³-hybridized carbons (Fsp3) is 0.667. The molecular weight excluding hydrogens is 556 g/mol. The minimum Gasteiger partial charge on any atom is -0.493 e. The van der Waals surface area contributed by atoms with Crippen molar-refractivity contribution in [2.45, 2.75) is 118 Å². The van der Waals surface area contributed by atoms with Crippen LogP contribution in [0.5, 0.6) is 11.5 Å². The summed E-state index contributed by atoms with van der Waals surface area (Å²) >= 11 is 1.72. The maximum Gasteiger partial charge on any atom is 0.242 e. The molecule has 1 aromatic heterocycles. The van der Waals surface area contributed by atoms with Crippen LogP contribution in [0, 0.1) is 12.8 Å². The first-order valence-electron chi connectivity index (χ1n) is 16.6. The number of hydrogen-bond donors (Lipinski definition) is 0. The largest absolute Gasteiger partial charge is 0.493 e. The predicted octanol–water partition coefficient (Wildman–Crippen LogP) is 8.83. The molecule has 0 saturated carbocycles. The molecule has 0 fully saturated rings. The molecule has 0 aliphatic heterocycles. The summed E-state index contributed by atoms with van der Waals surface area (Å²) in [7, 11) is 3.26. The Labute approximate surface area is 266 Å². The quantitative estimate of drug-likeness (QED) is 0.117. The SMILES string of the molecule is CCCCCCCCCCCCCC(=O)N(CC(=O)N(CCc1ccc(OC)c(OC)c1)Cc1ccc(C)s1)CC(C)C. The second kappa shape index (κ2) is 21.2. The zero-order valence-electron chi connectivity index (χ0n) is 27.9. The molecule has 0 saturated heterocycles. The molecule has 0 aliphatic carbocycles. The Kier molecular flexibility index (Phi) is 18.1. The number of carbonyl (C=O) groups excluding carboxylic acids is 2. The zero-order valence-corrected chi connectivity index (χ0v) is 28.7. The van der Waals surface area contributed by atoms with Gasteiger partial charge in [-0.3, -0.25) is 9.59 Å². The van der Waals surface area contributed by atoms with Crippen LogP contribution in [0.2, 0.25) is 0 Å². The van der Waals surface area contributed by atoms with Gasteiger partial charge in [0.25, 0.3) is 0 Å². The smallest absolute Gasteiger partial charge is 0.242 e. The molecule has 0 N–H and O–H groups in total. The number of benzene rings is 1. The van der Waals surface area contributed by atoms with Crippen molar-refractivity contribution in [2.75, 3.05) is 33.9 Å². The lowest BCUT2D eigenvalue weighted by Gasteiger charge is -2.29. The van der Waals surface area contributed by atoms with E-state index in [0.29, 0.717) is 49.9 Å². The number of nitrogens with zero attached hydrogens (tertiary/aromatic N) is 2. The Hall–Kier alpha value is -2.54. The zero-order chi connectivity index (χ0) is 31.5. The van der Waals surface area contributed by atoms with Crippen LogP contribution >= 0.6 is 11.3 Å². The molecule has 0 spiro atoms. The molecule has 0 atom stereocenters. The number of aryl methyl sites for hydroxylation is 1. The van der Waals surface area contributed by atoms with Crippen LogP contribution in [-0.4, -0.2) is 55.5 Å². The molecule has 2 amide bonds. The monoisotopic (exact) mass is 614 g/mol. The van der Waals surface area contributed by atoms with Gasteiger partial charge in [0.1, 0.15) is 0 Å². The summed E-state index contributed by atoms with van der Waals surface area (Å²) in [5.41, 5.74) is 1.07. The van der Waals surface area contributed by atoms with Crippen LogP contribution in [0.1, 0.15) is 113 Å². The summed E-state index contributed by atoms with van der Waals surface area (Å²) in [4.78, 5) is 33.1. The lowest BCUT2D eigenvalue weighted by Crippen LogP contribution is -2.44. The van der Waals surface area contributed by atoms with Gasteiger partial charge >= 0.3 is 0 Å². The number of methoxy groups -OCH3 is 2. The van der Waals surface area contributed by atoms with Gasteiger partial charge in [-0.25, -0.2) is 0 Å². The van der Waals surface area contributed by atoms with Crippen molar-refractivity contribution in [1.29, 1.82) is 0 Å². The Morgan fingerprint density at radius 2 is 1.42 bits per heavy atom. The van der Waals surface area contributed by atoms with Gasteiger partial charge in [0.15, 0.2) is 11.5 Å². The van der Waals surface area contributed by atoms with E-state index < -0.39 is 0 Å². The standard InChI is InChI=1S/C36H58N2O4S/c1-7-8-9-10-11-12-13-14-15-16-17-18-35(39)38(26-29(2)3)28-36(40)37(27-32-21-19-30(4)43-32)24-23-31-20-22-33(41-5)34(25-31)42-6/h19-22,25,29H,7-18,23-24,26-28H2,1-6H3. The predicted molar refractivity (Wildman–Crippen MR) is 180 cm³/mol. The number of hydrogen-bond acceptors (Lipinski definition) is 5. The maximum absolute atomic E-state index is 13.7. The fourth-order valence-corrected chi connectivity index (χ4v) is 6.31. The average Bonchev–Trinajstić information content (AvgIpc) is 3.41. The van der Waals surface area contributed by atoms with Gasteiger partial charge in [0.2, 0.25) is 11.8 Å². The van der Waals surface area contributed by atoms with Gasteiger partial charge in [0.05, 0.1) is 27.3 Å². The summed E-state index contributed by atoms with van der Waals surface area (Å²) < 4.78 is 10.9. The van der Waals surface area contributed by atoms with E-state index in [0.717, 1.165) is 23.3 Å². The van der Waals surface area contributed by atoms with Crippen molar-refractivity contribution in [2.24, 2.45) is 5.92 Å². The Morgan fingerprint density at radius 3 is 1.98 bits per heavy atom. The molecule has 2 aromatic rings. The minimum absolute atomic E-state index is 0.000494. The summed E-state index contributed by atoms with van der Waals surface area (Å²) in [5, 5.41) is 0. The minimum atomic E-state index is -0.000494. The first kappa shape index (κ1) is 36.7. The topological polar surface area (TPSA) is 59.1 Å². The molecule has 1 heterocycles. The van der Waals surface area contributed by atoms with E-state index in [2.05, 4.69) is 39.8 Å². The van der Waals surface area contributed by atoms with Gasteiger partial charge in [0, 0.05) is 29.3 Å². The Morgan fingerprint density at radius 1 is 0.791 bits per heavy atom. The fourth-order valence-electron chi connectivity index (χ4n) is 5.41. The van der Waals surface area contributed by atoms with Crippen LogP contribution < -0.4 is 9.47 Å². The molecule has 242 valence electrons. The summed E-state index contributed by atoms with van der Waals surface area (Å²) in [6.45, 7) is 10.4. The molecule has 0 aliphatic rings. The molecule has 0 radical (unpaired) electrons. The van der Waals surface area contributed by atoms with E-state index in [1.165, 1.54) is 62.7 Å². The number of amides is 2. The number of thiophene rings is 1. The van der Waals surface area contributed by atoms with Crippen molar-refractivity contribution in [3.63, 3.8) is 0 Å². The molecule has 6 nitrogen and oxygen atoms in total. The highest BCUT2D eigenvalue weighted by molar-refractivity contribution is 7.11. The van der Waals surface area contributed by atoms with Crippen LogP contribution in [0.25, 0.3) is 0 Å². The third kappa shape index (κ3) is 14.7. The second-order valence-corrected chi connectivity index (χ2v) is 13.6. The van der Waals surface area contributed by atoms with Gasteiger partial charge < -0.3 is 19.3 Å². The van der Waals surface area contributed by atoms with E-state index in [1.54, 1.807) is 30.5 Å². The van der Waals surface area contributed by atoms with E-state index in [1.807, 2.05) is 23.1 Å². The lowest BCUT2D eigenvalue weighted by atomic mass is 10.0. The van der Waals surface area contributed by atoms with Crippen LogP contribution in [-0.2, 0) is 22.6 Å². The number of carbonyl (C=O) groups is 2. The summed E-state index contributed by atoms with van der Waals surface area (Å²) in [6, 6.07) is 10.1. The van der Waals surface area contributed by atoms with E-state index in [4.69, 9.17) is 9.47 Å². The average molecular weight is 615 g/mol.